The molecule has 0 aliphatic carbocycles. The van der Waals surface area contributed by atoms with E-state index in [2.05, 4.69) is 10.6 Å². The van der Waals surface area contributed by atoms with E-state index in [1.165, 1.54) is 12.1 Å². The van der Waals surface area contributed by atoms with E-state index >= 15 is 0 Å². The number of anilines is 1. The molecule has 0 saturated carbocycles. The first-order valence-corrected chi connectivity index (χ1v) is 7.08. The largest absolute Gasteiger partial charge is 0.489 e. The van der Waals surface area contributed by atoms with Crippen molar-refractivity contribution in [2.45, 2.75) is 26.5 Å². The highest BCUT2D eigenvalue weighted by Gasteiger charge is 2.04. The number of carbonyl (C=O) groups is 1. The summed E-state index contributed by atoms with van der Waals surface area (Å²) >= 11 is 0. The number of nitrogens with one attached hydrogen (secondary N) is 2. The Kier molecular flexibility index (Phi) is 5.36. The molecule has 0 bridgehead atoms. The fourth-order valence-corrected chi connectivity index (χ4v) is 1.89. The van der Waals surface area contributed by atoms with Gasteiger partial charge in [0.1, 0.15) is 18.2 Å². The summed E-state index contributed by atoms with van der Waals surface area (Å²) in [5, 5.41) is 5.47. The number of hydrogen-bond donors (Lipinski definition) is 2. The second-order valence-corrected chi connectivity index (χ2v) is 5.20. The van der Waals surface area contributed by atoms with Gasteiger partial charge in [0, 0.05) is 17.8 Å². The van der Waals surface area contributed by atoms with Crippen molar-refractivity contribution in [3.8, 4) is 5.75 Å². The van der Waals surface area contributed by atoms with E-state index < -0.39 is 0 Å². The molecule has 0 aliphatic rings. The molecule has 2 aromatic carbocycles. The van der Waals surface area contributed by atoms with Gasteiger partial charge in [-0.15, -0.1) is 0 Å². The van der Waals surface area contributed by atoms with Crippen LogP contribution in [0.5, 0.6) is 5.75 Å². The third-order valence-electron chi connectivity index (χ3n) is 2.81. The molecule has 2 N–H and O–H groups in total. The van der Waals surface area contributed by atoms with Gasteiger partial charge in [0.2, 0.25) is 0 Å². The van der Waals surface area contributed by atoms with Crippen LogP contribution in [0.2, 0.25) is 0 Å². The van der Waals surface area contributed by atoms with E-state index in [0.717, 1.165) is 5.56 Å². The predicted octanol–water partition coefficient (Wildman–Crippen LogP) is 3.93. The van der Waals surface area contributed by atoms with Crippen molar-refractivity contribution in [1.29, 1.82) is 0 Å². The van der Waals surface area contributed by atoms with Crippen LogP contribution in [0, 0.1) is 5.82 Å². The van der Waals surface area contributed by atoms with E-state index in [9.17, 15) is 9.18 Å². The zero-order chi connectivity index (χ0) is 15.9. The molecule has 116 valence electrons. The highest BCUT2D eigenvalue weighted by atomic mass is 19.1. The number of hydrogen-bond acceptors (Lipinski definition) is 2. The van der Waals surface area contributed by atoms with Gasteiger partial charge in [0.05, 0.1) is 0 Å². The first-order chi connectivity index (χ1) is 10.5. The molecule has 0 radical (unpaired) electrons. The van der Waals surface area contributed by atoms with Gasteiger partial charge < -0.3 is 15.4 Å². The van der Waals surface area contributed by atoms with Gasteiger partial charge in [0.25, 0.3) is 0 Å². The lowest BCUT2D eigenvalue weighted by atomic mass is 10.2. The van der Waals surface area contributed by atoms with Gasteiger partial charge in [-0.3, -0.25) is 0 Å². The Labute approximate surface area is 129 Å². The van der Waals surface area contributed by atoms with Crippen LogP contribution in [0.25, 0.3) is 0 Å². The van der Waals surface area contributed by atoms with Crippen LogP contribution in [-0.4, -0.2) is 12.1 Å². The minimum absolute atomic E-state index is 0.0624. The first kappa shape index (κ1) is 15.8. The molecule has 4 nitrogen and oxygen atoms in total. The standard InChI is InChI=1S/C17H19FN2O2/c1-12(2)19-17(21)20-15-7-4-8-16(10-15)22-11-13-5-3-6-14(18)9-13/h3-10,12H,11H2,1-2H3,(H2,19,20,21). The lowest BCUT2D eigenvalue weighted by molar-refractivity contribution is 0.250. The Morgan fingerprint density at radius 2 is 1.95 bits per heavy atom. The van der Waals surface area contributed by atoms with Crippen molar-refractivity contribution in [3.05, 3.63) is 59.9 Å². The SMILES string of the molecule is CC(C)NC(=O)Nc1cccc(OCc2cccc(F)c2)c1. The number of rotatable bonds is 5. The molecule has 2 amide bonds. The number of amides is 2. The Balaban J connectivity index is 1.95. The van der Waals surface area contributed by atoms with Crippen LogP contribution >= 0.6 is 0 Å². The smallest absolute Gasteiger partial charge is 0.319 e. The highest BCUT2D eigenvalue weighted by molar-refractivity contribution is 5.89. The van der Waals surface area contributed by atoms with Gasteiger partial charge in [-0.1, -0.05) is 18.2 Å². The maximum Gasteiger partial charge on any atom is 0.319 e. The molecular formula is C17H19FN2O2. The molecule has 5 heteroatoms. The quantitative estimate of drug-likeness (QED) is 0.879. The van der Waals surface area contributed by atoms with E-state index in [-0.39, 0.29) is 24.5 Å². The van der Waals surface area contributed by atoms with Crippen LogP contribution < -0.4 is 15.4 Å². The maximum atomic E-state index is 13.1. The lowest BCUT2D eigenvalue weighted by Gasteiger charge is -2.11. The van der Waals surface area contributed by atoms with Crippen molar-refractivity contribution in [2.24, 2.45) is 0 Å². The van der Waals surface area contributed by atoms with Crippen molar-refractivity contribution in [2.75, 3.05) is 5.32 Å². The molecule has 22 heavy (non-hydrogen) atoms. The summed E-state index contributed by atoms with van der Waals surface area (Å²) in [6.45, 7) is 4.04. The van der Waals surface area contributed by atoms with Crippen LogP contribution in [0.15, 0.2) is 48.5 Å². The van der Waals surface area contributed by atoms with Gasteiger partial charge >= 0.3 is 6.03 Å². The molecule has 0 atom stereocenters. The summed E-state index contributed by atoms with van der Waals surface area (Å²) in [5.74, 6) is 0.313. The topological polar surface area (TPSA) is 50.4 Å². The summed E-state index contributed by atoms with van der Waals surface area (Å²) in [7, 11) is 0. The molecule has 2 aromatic rings. The Morgan fingerprint density at radius 3 is 2.68 bits per heavy atom. The van der Waals surface area contributed by atoms with Gasteiger partial charge in [-0.25, -0.2) is 9.18 Å². The van der Waals surface area contributed by atoms with E-state index in [4.69, 9.17) is 4.74 Å². The minimum Gasteiger partial charge on any atom is -0.489 e. The van der Waals surface area contributed by atoms with E-state index in [0.29, 0.717) is 11.4 Å². The zero-order valence-electron chi connectivity index (χ0n) is 12.6. The number of ether oxygens (including phenoxy) is 1. The molecule has 0 aromatic heterocycles. The van der Waals surface area contributed by atoms with Crippen molar-refractivity contribution >= 4 is 11.7 Å². The second-order valence-electron chi connectivity index (χ2n) is 5.20. The van der Waals surface area contributed by atoms with Gasteiger partial charge in [-0.2, -0.15) is 0 Å². The Hall–Kier alpha value is -2.56. The monoisotopic (exact) mass is 302 g/mol. The summed E-state index contributed by atoms with van der Waals surface area (Å²) in [5.41, 5.74) is 1.38. The summed E-state index contributed by atoms with van der Waals surface area (Å²) in [4.78, 5) is 11.6. The normalized spacial score (nSPS) is 10.4. The summed E-state index contributed by atoms with van der Waals surface area (Å²) in [6, 6.07) is 13.1. The molecule has 0 heterocycles. The van der Waals surface area contributed by atoms with Gasteiger partial charge in [0.15, 0.2) is 0 Å². The summed E-state index contributed by atoms with van der Waals surface area (Å²) in [6.07, 6.45) is 0. The molecule has 0 saturated heterocycles. The molecular weight excluding hydrogens is 283 g/mol. The van der Waals surface area contributed by atoms with Gasteiger partial charge in [-0.05, 0) is 43.7 Å². The fraction of sp³-hybridized carbons (Fsp3) is 0.235. The molecule has 0 fully saturated rings. The number of urea groups is 1. The Morgan fingerprint density at radius 1 is 1.18 bits per heavy atom. The maximum absolute atomic E-state index is 13.1. The fourth-order valence-electron chi connectivity index (χ4n) is 1.89. The zero-order valence-corrected chi connectivity index (χ0v) is 12.6. The second kappa shape index (κ2) is 7.45. The van der Waals surface area contributed by atoms with Crippen molar-refractivity contribution in [1.82, 2.24) is 5.32 Å². The molecule has 0 spiro atoms. The van der Waals surface area contributed by atoms with Crippen LogP contribution in [0.3, 0.4) is 0 Å². The highest BCUT2D eigenvalue weighted by Crippen LogP contribution is 2.18. The third kappa shape index (κ3) is 5.09. The van der Waals surface area contributed by atoms with E-state index in [1.54, 1.807) is 36.4 Å². The van der Waals surface area contributed by atoms with E-state index in [1.807, 2.05) is 13.8 Å². The minimum atomic E-state index is -0.290. The van der Waals surface area contributed by atoms with Crippen LogP contribution in [-0.2, 0) is 6.61 Å². The number of halogens is 1. The Bertz CT molecular complexity index is 644. The number of benzene rings is 2. The van der Waals surface area contributed by atoms with Crippen LogP contribution in [0.1, 0.15) is 19.4 Å². The third-order valence-corrected chi connectivity index (χ3v) is 2.81. The average molecular weight is 302 g/mol. The molecule has 0 unspecified atom stereocenters. The predicted molar refractivity (Wildman–Crippen MR) is 84.5 cm³/mol. The molecule has 0 aliphatic heterocycles. The number of carbonyl (C=O) groups excluding carboxylic acids is 1. The lowest BCUT2D eigenvalue weighted by Crippen LogP contribution is -2.34. The molecule has 2 rings (SSSR count). The van der Waals surface area contributed by atoms with Crippen LogP contribution in [0.4, 0.5) is 14.9 Å². The van der Waals surface area contributed by atoms with Crippen molar-refractivity contribution in [3.63, 3.8) is 0 Å². The summed E-state index contributed by atoms with van der Waals surface area (Å²) < 4.78 is 18.7. The average Bonchev–Trinajstić information content (AvgIpc) is 2.44. The first-order valence-electron chi connectivity index (χ1n) is 7.08. The van der Waals surface area contributed by atoms with Crippen molar-refractivity contribution < 1.29 is 13.9 Å².